The molecule has 0 radical (unpaired) electrons. The Bertz CT molecular complexity index is 509. The zero-order valence-corrected chi connectivity index (χ0v) is 9.76. The van der Waals surface area contributed by atoms with Gasteiger partial charge >= 0.3 is 5.91 Å². The van der Waals surface area contributed by atoms with Gasteiger partial charge < -0.3 is 0 Å². The van der Waals surface area contributed by atoms with E-state index in [1.807, 2.05) is 42.7 Å². The minimum Gasteiger partial charge on any atom is -0.264 e. The first-order chi connectivity index (χ1) is 8.29. The third-order valence-electron chi connectivity index (χ3n) is 2.54. The number of rotatable bonds is 3. The molecule has 17 heavy (non-hydrogen) atoms. The van der Waals surface area contributed by atoms with Gasteiger partial charge in [-0.15, -0.1) is 5.43 Å². The van der Waals surface area contributed by atoms with E-state index in [0.717, 1.165) is 6.42 Å². The Morgan fingerprint density at radius 2 is 1.94 bits per heavy atom. The largest absolute Gasteiger partial charge is 0.305 e. The molecule has 0 aliphatic rings. The molecule has 0 atom stereocenters. The lowest BCUT2D eigenvalue weighted by molar-refractivity contribution is -0.641. The fourth-order valence-electron chi connectivity index (χ4n) is 1.57. The Kier molecular flexibility index (Phi) is 3.50. The van der Waals surface area contributed by atoms with Crippen molar-refractivity contribution in [3.05, 3.63) is 66.0 Å². The highest BCUT2D eigenvalue weighted by atomic mass is 16.2. The average Bonchev–Trinajstić information content (AvgIpc) is 2.40. The molecule has 2 aromatic rings. The van der Waals surface area contributed by atoms with E-state index in [9.17, 15) is 4.79 Å². The Morgan fingerprint density at radius 3 is 2.65 bits per heavy atom. The summed E-state index contributed by atoms with van der Waals surface area (Å²) in [5.41, 5.74) is 4.65. The number of benzene rings is 1. The smallest absolute Gasteiger partial charge is 0.264 e. The Labute approximate surface area is 101 Å². The Balaban J connectivity index is 2.13. The van der Waals surface area contributed by atoms with Gasteiger partial charge in [-0.05, 0) is 24.6 Å². The molecule has 1 heterocycles. The van der Waals surface area contributed by atoms with Gasteiger partial charge in [0.05, 0.1) is 0 Å². The Hall–Kier alpha value is -2.16. The van der Waals surface area contributed by atoms with E-state index in [0.29, 0.717) is 5.56 Å². The first-order valence-corrected chi connectivity index (χ1v) is 5.66. The summed E-state index contributed by atoms with van der Waals surface area (Å²) in [5.74, 6) is -0.108. The van der Waals surface area contributed by atoms with Crippen LogP contribution < -0.4 is 10.1 Å². The van der Waals surface area contributed by atoms with Crippen molar-refractivity contribution in [3.8, 4) is 0 Å². The number of carbonyl (C=O) groups excluding carboxylic acids is 1. The highest BCUT2D eigenvalue weighted by Crippen LogP contribution is 1.98. The van der Waals surface area contributed by atoms with Crippen molar-refractivity contribution in [1.82, 2.24) is 0 Å². The second kappa shape index (κ2) is 5.25. The number of aromatic nitrogens is 1. The van der Waals surface area contributed by atoms with Gasteiger partial charge in [-0.25, -0.2) is 0 Å². The van der Waals surface area contributed by atoms with Gasteiger partial charge in [0.15, 0.2) is 6.20 Å². The van der Waals surface area contributed by atoms with Gasteiger partial charge in [-0.3, -0.25) is 4.79 Å². The first-order valence-electron chi connectivity index (χ1n) is 5.66. The number of amides is 1. The molecule has 0 spiro atoms. The van der Waals surface area contributed by atoms with Gasteiger partial charge in [-0.2, -0.15) is 0 Å². The summed E-state index contributed by atoms with van der Waals surface area (Å²) >= 11 is 0. The van der Waals surface area contributed by atoms with Crippen molar-refractivity contribution >= 4 is 5.91 Å². The third kappa shape index (κ3) is 2.91. The molecule has 0 saturated heterocycles. The van der Waals surface area contributed by atoms with Crippen LogP contribution in [0, 0.1) is 0 Å². The predicted molar refractivity (Wildman–Crippen MR) is 66.1 cm³/mol. The Morgan fingerprint density at radius 1 is 1.18 bits per heavy atom. The fraction of sp³-hybridized carbons (Fsp3) is 0.143. The molecule has 86 valence electrons. The highest BCUT2D eigenvalue weighted by molar-refractivity contribution is 5.98. The SMILES string of the molecule is CCc1ccc[n+](NC(=O)c2ccccc2)c1. The van der Waals surface area contributed by atoms with Crippen LogP contribution in [0.1, 0.15) is 22.8 Å². The van der Waals surface area contributed by atoms with Crippen LogP contribution >= 0.6 is 0 Å². The van der Waals surface area contributed by atoms with Gasteiger partial charge in [-0.1, -0.05) is 29.8 Å². The third-order valence-corrected chi connectivity index (χ3v) is 2.54. The maximum atomic E-state index is 11.9. The number of nitrogens with one attached hydrogen (secondary N) is 1. The predicted octanol–water partition coefficient (Wildman–Crippen LogP) is 1.92. The van der Waals surface area contributed by atoms with Crippen LogP contribution in [-0.2, 0) is 6.42 Å². The van der Waals surface area contributed by atoms with Crippen molar-refractivity contribution in [2.24, 2.45) is 0 Å². The second-order valence-corrected chi connectivity index (χ2v) is 3.78. The quantitative estimate of drug-likeness (QED) is 0.798. The summed E-state index contributed by atoms with van der Waals surface area (Å²) in [6.45, 7) is 2.08. The van der Waals surface area contributed by atoms with Crippen LogP contribution in [0.3, 0.4) is 0 Å². The van der Waals surface area contributed by atoms with E-state index in [4.69, 9.17) is 0 Å². The van der Waals surface area contributed by atoms with Crippen molar-refractivity contribution < 1.29 is 9.47 Å². The minimum atomic E-state index is -0.108. The average molecular weight is 227 g/mol. The number of carbonyl (C=O) groups is 1. The van der Waals surface area contributed by atoms with Crippen LogP contribution in [0.5, 0.6) is 0 Å². The molecule has 3 nitrogen and oxygen atoms in total. The van der Waals surface area contributed by atoms with E-state index >= 15 is 0 Å². The second-order valence-electron chi connectivity index (χ2n) is 3.78. The van der Waals surface area contributed by atoms with E-state index in [-0.39, 0.29) is 5.91 Å². The van der Waals surface area contributed by atoms with Crippen LogP contribution in [0.15, 0.2) is 54.9 Å². The minimum absolute atomic E-state index is 0.108. The molecule has 1 amide bonds. The molecule has 0 aliphatic carbocycles. The lowest BCUT2D eigenvalue weighted by Gasteiger charge is -2.00. The molecular weight excluding hydrogens is 212 g/mol. The molecule has 2 rings (SSSR count). The lowest BCUT2D eigenvalue weighted by atomic mass is 10.2. The number of hydrogen-bond acceptors (Lipinski definition) is 1. The maximum Gasteiger partial charge on any atom is 0.305 e. The van der Waals surface area contributed by atoms with Crippen molar-refractivity contribution in [3.63, 3.8) is 0 Å². The normalized spacial score (nSPS) is 9.94. The summed E-state index contributed by atoms with van der Waals surface area (Å²) in [6.07, 6.45) is 4.68. The van der Waals surface area contributed by atoms with Crippen LogP contribution in [-0.4, -0.2) is 5.91 Å². The van der Waals surface area contributed by atoms with Crippen LogP contribution in [0.4, 0.5) is 0 Å². The summed E-state index contributed by atoms with van der Waals surface area (Å²) in [6, 6.07) is 13.1. The monoisotopic (exact) mass is 227 g/mol. The van der Waals surface area contributed by atoms with Gasteiger partial charge in [0.1, 0.15) is 0 Å². The molecule has 0 fully saturated rings. The van der Waals surface area contributed by atoms with Crippen molar-refractivity contribution in [2.75, 3.05) is 5.43 Å². The topological polar surface area (TPSA) is 33.0 Å². The van der Waals surface area contributed by atoms with E-state index in [1.54, 1.807) is 16.8 Å². The summed E-state index contributed by atoms with van der Waals surface area (Å²) in [5, 5.41) is 0. The fourth-order valence-corrected chi connectivity index (χ4v) is 1.57. The molecule has 1 aromatic carbocycles. The van der Waals surface area contributed by atoms with Crippen molar-refractivity contribution in [2.45, 2.75) is 13.3 Å². The number of hydrogen-bond donors (Lipinski definition) is 1. The summed E-state index contributed by atoms with van der Waals surface area (Å²) in [7, 11) is 0. The zero-order chi connectivity index (χ0) is 12.1. The van der Waals surface area contributed by atoms with E-state index in [2.05, 4.69) is 12.3 Å². The lowest BCUT2D eigenvalue weighted by Crippen LogP contribution is -2.48. The molecule has 0 saturated carbocycles. The number of nitrogens with zero attached hydrogens (tertiary/aromatic N) is 1. The molecule has 0 unspecified atom stereocenters. The van der Waals surface area contributed by atoms with Gasteiger partial charge in [0, 0.05) is 17.2 Å². The van der Waals surface area contributed by atoms with Gasteiger partial charge in [0.2, 0.25) is 6.20 Å². The maximum absolute atomic E-state index is 11.9. The highest BCUT2D eigenvalue weighted by Gasteiger charge is 2.09. The van der Waals surface area contributed by atoms with E-state index < -0.39 is 0 Å². The number of aryl methyl sites for hydroxylation is 1. The van der Waals surface area contributed by atoms with Crippen LogP contribution in [0.25, 0.3) is 0 Å². The molecule has 1 N–H and O–H groups in total. The zero-order valence-electron chi connectivity index (χ0n) is 9.76. The molecule has 0 bridgehead atoms. The first kappa shape index (κ1) is 11.3. The standard InChI is InChI=1S/C14H14N2O/c1-2-12-7-6-10-16(11-12)15-14(17)13-8-4-3-5-9-13/h3-11H,2H2,1H3/p+1. The molecular formula is C14H15N2O+. The van der Waals surface area contributed by atoms with Crippen LogP contribution in [0.2, 0.25) is 0 Å². The molecule has 1 aromatic heterocycles. The van der Waals surface area contributed by atoms with Crippen molar-refractivity contribution in [1.29, 1.82) is 0 Å². The summed E-state index contributed by atoms with van der Waals surface area (Å²) < 4.78 is 1.69. The van der Waals surface area contributed by atoms with Gasteiger partial charge in [0.25, 0.3) is 0 Å². The molecule has 0 aliphatic heterocycles. The summed E-state index contributed by atoms with van der Waals surface area (Å²) in [4.78, 5) is 11.9. The molecule has 3 heteroatoms. The van der Waals surface area contributed by atoms with E-state index in [1.165, 1.54) is 5.56 Å². The number of pyridine rings is 1.